The Morgan fingerprint density at radius 1 is 1.29 bits per heavy atom. The highest BCUT2D eigenvalue weighted by atomic mass is 16.3. The quantitative estimate of drug-likeness (QED) is 0.766. The van der Waals surface area contributed by atoms with Crippen molar-refractivity contribution in [2.45, 2.75) is 57.0 Å². The highest BCUT2D eigenvalue weighted by molar-refractivity contribution is 5.77. The van der Waals surface area contributed by atoms with Crippen LogP contribution in [0.2, 0.25) is 0 Å². The first-order chi connectivity index (χ1) is 8.22. The number of nitrogens with zero attached hydrogens (tertiary/aromatic N) is 1. The number of hydrogen-bond donors (Lipinski definition) is 2. The zero-order valence-electron chi connectivity index (χ0n) is 10.5. The minimum Gasteiger partial charge on any atom is -0.394 e. The lowest BCUT2D eigenvalue weighted by atomic mass is 10.1. The molecule has 0 spiro atoms. The molecule has 2 fully saturated rings. The lowest BCUT2D eigenvalue weighted by Gasteiger charge is -2.29. The van der Waals surface area contributed by atoms with E-state index in [9.17, 15) is 9.90 Å². The van der Waals surface area contributed by atoms with Gasteiger partial charge in [0.05, 0.1) is 12.6 Å². The molecular weight excluding hydrogens is 216 g/mol. The normalized spacial score (nSPS) is 27.6. The molecule has 17 heavy (non-hydrogen) atoms. The minimum atomic E-state index is 0.0244. The van der Waals surface area contributed by atoms with E-state index >= 15 is 0 Å². The van der Waals surface area contributed by atoms with Crippen LogP contribution < -0.4 is 5.73 Å². The van der Waals surface area contributed by atoms with Gasteiger partial charge >= 0.3 is 0 Å². The van der Waals surface area contributed by atoms with Crippen molar-refractivity contribution in [2.24, 2.45) is 11.7 Å². The fourth-order valence-electron chi connectivity index (χ4n) is 2.71. The zero-order chi connectivity index (χ0) is 12.3. The molecule has 1 aliphatic carbocycles. The molecule has 1 heterocycles. The average molecular weight is 240 g/mol. The molecule has 2 unspecified atom stereocenters. The maximum absolute atomic E-state index is 12.2. The van der Waals surface area contributed by atoms with Crippen LogP contribution in [0.25, 0.3) is 0 Å². The second-order valence-electron chi connectivity index (χ2n) is 5.48. The highest BCUT2D eigenvalue weighted by Gasteiger charge is 2.32. The van der Waals surface area contributed by atoms with E-state index in [4.69, 9.17) is 5.73 Å². The summed E-state index contributed by atoms with van der Waals surface area (Å²) >= 11 is 0. The summed E-state index contributed by atoms with van der Waals surface area (Å²) in [6.07, 6.45) is 7.08. The smallest absolute Gasteiger partial charge is 0.224 e. The number of amides is 1. The Hall–Kier alpha value is -0.610. The standard InChI is InChI=1S/C13H24N2O2/c14-12(10-5-6-10)8-13(17)15-7-3-1-2-4-11(15)9-16/h10-12,16H,1-9,14H2. The SMILES string of the molecule is NC(CC(=O)N1CCCCCC1CO)C1CC1. The summed E-state index contributed by atoms with van der Waals surface area (Å²) < 4.78 is 0. The van der Waals surface area contributed by atoms with E-state index in [0.29, 0.717) is 12.3 Å². The van der Waals surface area contributed by atoms with E-state index in [1.807, 2.05) is 4.90 Å². The second kappa shape index (κ2) is 5.83. The van der Waals surface area contributed by atoms with E-state index in [1.54, 1.807) is 0 Å². The van der Waals surface area contributed by atoms with Crippen molar-refractivity contribution >= 4 is 5.91 Å². The number of rotatable bonds is 4. The molecule has 2 aliphatic rings. The van der Waals surface area contributed by atoms with Gasteiger partial charge in [0.2, 0.25) is 5.91 Å². The summed E-state index contributed by atoms with van der Waals surface area (Å²) in [7, 11) is 0. The van der Waals surface area contributed by atoms with Gasteiger partial charge in [-0.25, -0.2) is 0 Å². The van der Waals surface area contributed by atoms with E-state index in [-0.39, 0.29) is 24.6 Å². The van der Waals surface area contributed by atoms with Gasteiger partial charge in [-0.1, -0.05) is 12.8 Å². The number of aliphatic hydroxyl groups excluding tert-OH is 1. The molecule has 0 radical (unpaired) electrons. The Bertz CT molecular complexity index is 266. The van der Waals surface area contributed by atoms with Crippen molar-refractivity contribution in [3.63, 3.8) is 0 Å². The molecule has 0 aromatic rings. The minimum absolute atomic E-state index is 0.0244. The molecule has 2 rings (SSSR count). The summed E-state index contributed by atoms with van der Waals surface area (Å²) in [5, 5.41) is 9.37. The number of aliphatic hydroxyl groups is 1. The molecule has 4 nitrogen and oxygen atoms in total. The van der Waals surface area contributed by atoms with E-state index in [0.717, 1.165) is 32.2 Å². The largest absolute Gasteiger partial charge is 0.394 e. The highest BCUT2D eigenvalue weighted by Crippen LogP contribution is 2.33. The molecule has 4 heteroatoms. The molecular formula is C13H24N2O2. The Morgan fingerprint density at radius 2 is 2.06 bits per heavy atom. The Labute approximate surface area is 103 Å². The lowest BCUT2D eigenvalue weighted by Crippen LogP contribution is -2.44. The van der Waals surface area contributed by atoms with Crippen LogP contribution in [-0.2, 0) is 4.79 Å². The fourth-order valence-corrected chi connectivity index (χ4v) is 2.71. The van der Waals surface area contributed by atoms with Gasteiger partial charge in [0.1, 0.15) is 0 Å². The van der Waals surface area contributed by atoms with Gasteiger partial charge in [-0.3, -0.25) is 4.79 Å². The van der Waals surface area contributed by atoms with Gasteiger partial charge < -0.3 is 15.7 Å². The molecule has 0 aromatic heterocycles. The number of likely N-dealkylation sites (tertiary alicyclic amines) is 1. The summed E-state index contributed by atoms with van der Waals surface area (Å²) in [5.41, 5.74) is 6.00. The van der Waals surface area contributed by atoms with Crippen molar-refractivity contribution in [1.82, 2.24) is 4.90 Å². The Morgan fingerprint density at radius 3 is 2.71 bits per heavy atom. The van der Waals surface area contributed by atoms with Crippen LogP contribution in [0, 0.1) is 5.92 Å². The third kappa shape index (κ3) is 3.42. The van der Waals surface area contributed by atoms with Gasteiger partial charge in [0.25, 0.3) is 0 Å². The van der Waals surface area contributed by atoms with Crippen LogP contribution in [0.5, 0.6) is 0 Å². The Kier molecular flexibility index (Phi) is 4.40. The summed E-state index contributed by atoms with van der Waals surface area (Å²) in [5.74, 6) is 0.712. The summed E-state index contributed by atoms with van der Waals surface area (Å²) in [4.78, 5) is 14.1. The first-order valence-electron chi connectivity index (χ1n) is 6.88. The molecule has 3 N–H and O–H groups in total. The van der Waals surface area contributed by atoms with Crippen molar-refractivity contribution in [3.8, 4) is 0 Å². The first kappa shape index (κ1) is 12.8. The van der Waals surface area contributed by atoms with Crippen LogP contribution >= 0.6 is 0 Å². The number of carbonyl (C=O) groups excluding carboxylic acids is 1. The molecule has 2 atom stereocenters. The van der Waals surface area contributed by atoms with E-state index in [2.05, 4.69) is 0 Å². The van der Waals surface area contributed by atoms with Gasteiger partial charge in [-0.05, 0) is 31.6 Å². The summed E-state index contributed by atoms with van der Waals surface area (Å²) in [6, 6.07) is 0.0569. The Balaban J connectivity index is 1.89. The zero-order valence-corrected chi connectivity index (χ0v) is 10.5. The van der Waals surface area contributed by atoms with Crippen LogP contribution in [0.4, 0.5) is 0 Å². The van der Waals surface area contributed by atoms with Gasteiger partial charge in [0, 0.05) is 19.0 Å². The predicted molar refractivity (Wildman–Crippen MR) is 66.4 cm³/mol. The van der Waals surface area contributed by atoms with Crippen molar-refractivity contribution in [1.29, 1.82) is 0 Å². The van der Waals surface area contributed by atoms with Crippen molar-refractivity contribution in [2.75, 3.05) is 13.2 Å². The van der Waals surface area contributed by atoms with Gasteiger partial charge in [0.15, 0.2) is 0 Å². The topological polar surface area (TPSA) is 66.6 Å². The van der Waals surface area contributed by atoms with Crippen molar-refractivity contribution < 1.29 is 9.90 Å². The number of carbonyl (C=O) groups is 1. The monoisotopic (exact) mass is 240 g/mol. The van der Waals surface area contributed by atoms with Crippen LogP contribution in [0.15, 0.2) is 0 Å². The lowest BCUT2D eigenvalue weighted by molar-refractivity contribution is -0.134. The fraction of sp³-hybridized carbons (Fsp3) is 0.923. The maximum atomic E-state index is 12.2. The molecule has 0 bridgehead atoms. The molecule has 1 aliphatic heterocycles. The van der Waals surface area contributed by atoms with E-state index < -0.39 is 0 Å². The van der Waals surface area contributed by atoms with Crippen LogP contribution in [-0.4, -0.2) is 41.1 Å². The maximum Gasteiger partial charge on any atom is 0.224 e. The molecule has 1 amide bonds. The third-order valence-electron chi connectivity index (χ3n) is 4.05. The van der Waals surface area contributed by atoms with Crippen LogP contribution in [0.1, 0.15) is 44.9 Å². The van der Waals surface area contributed by atoms with Crippen LogP contribution in [0.3, 0.4) is 0 Å². The predicted octanol–water partition coefficient (Wildman–Crippen LogP) is 0.877. The molecule has 98 valence electrons. The summed E-state index contributed by atoms with van der Waals surface area (Å²) in [6.45, 7) is 0.881. The molecule has 0 aromatic carbocycles. The number of hydrogen-bond acceptors (Lipinski definition) is 3. The number of nitrogens with two attached hydrogens (primary N) is 1. The second-order valence-corrected chi connectivity index (χ2v) is 5.48. The first-order valence-corrected chi connectivity index (χ1v) is 6.88. The van der Waals surface area contributed by atoms with Gasteiger partial charge in [-0.15, -0.1) is 0 Å². The molecule has 1 saturated heterocycles. The van der Waals surface area contributed by atoms with E-state index in [1.165, 1.54) is 12.8 Å². The molecule has 1 saturated carbocycles. The van der Waals surface area contributed by atoms with Crippen molar-refractivity contribution in [3.05, 3.63) is 0 Å². The van der Waals surface area contributed by atoms with Gasteiger partial charge in [-0.2, -0.15) is 0 Å². The average Bonchev–Trinajstić information content (AvgIpc) is 3.15. The third-order valence-corrected chi connectivity index (χ3v) is 4.05.